The smallest absolute Gasteiger partial charge is 0.259 e. The van der Waals surface area contributed by atoms with Crippen LogP contribution in [0.2, 0.25) is 0 Å². The lowest BCUT2D eigenvalue weighted by molar-refractivity contribution is 0.190. The number of benzene rings is 2. The average Bonchev–Trinajstić information content (AvgIpc) is 2.73. The molecule has 3 aromatic rings. The molecule has 0 N–H and O–H groups in total. The van der Waals surface area contributed by atoms with E-state index in [1.165, 1.54) is 5.56 Å². The van der Waals surface area contributed by atoms with Crippen LogP contribution in [0, 0.1) is 13.8 Å². The zero-order chi connectivity index (χ0) is 19.7. The van der Waals surface area contributed by atoms with Crippen LogP contribution in [0.25, 0.3) is 0 Å². The number of anilines is 2. The highest BCUT2D eigenvalue weighted by Gasteiger charge is 2.27. The third-order valence-electron chi connectivity index (χ3n) is 5.18. The molecule has 0 unspecified atom stereocenters. The second kappa shape index (κ2) is 7.48. The van der Waals surface area contributed by atoms with Crippen molar-refractivity contribution in [3.63, 3.8) is 0 Å². The summed E-state index contributed by atoms with van der Waals surface area (Å²) in [4.78, 5) is 22.0. The normalized spacial score (nSPS) is 14.0. The third-order valence-corrected chi connectivity index (χ3v) is 5.18. The SMILES string of the molecule is COc1ccc(N2CN(Cc3ccccc3)Cn3c2nc(C)c(C)c3=O)cc1. The second-order valence-corrected chi connectivity index (χ2v) is 7.08. The van der Waals surface area contributed by atoms with Gasteiger partial charge in [0.05, 0.1) is 20.4 Å². The highest BCUT2D eigenvalue weighted by molar-refractivity contribution is 5.59. The van der Waals surface area contributed by atoms with Crippen molar-refractivity contribution in [1.29, 1.82) is 0 Å². The van der Waals surface area contributed by atoms with Gasteiger partial charge in [0.2, 0.25) is 5.95 Å². The maximum atomic E-state index is 13.0. The van der Waals surface area contributed by atoms with Gasteiger partial charge in [0.15, 0.2) is 0 Å². The topological polar surface area (TPSA) is 50.6 Å². The largest absolute Gasteiger partial charge is 0.497 e. The van der Waals surface area contributed by atoms with Crippen LogP contribution in [-0.2, 0) is 13.2 Å². The van der Waals surface area contributed by atoms with E-state index in [1.54, 1.807) is 11.7 Å². The van der Waals surface area contributed by atoms with Crippen LogP contribution >= 0.6 is 0 Å². The van der Waals surface area contributed by atoms with Gasteiger partial charge < -0.3 is 4.74 Å². The number of hydrogen-bond acceptors (Lipinski definition) is 5. The van der Waals surface area contributed by atoms with E-state index < -0.39 is 0 Å². The van der Waals surface area contributed by atoms with E-state index in [2.05, 4.69) is 21.9 Å². The maximum absolute atomic E-state index is 13.0. The first kappa shape index (κ1) is 18.3. The fourth-order valence-corrected chi connectivity index (χ4v) is 3.48. The quantitative estimate of drug-likeness (QED) is 0.698. The fraction of sp³-hybridized carbons (Fsp3) is 0.273. The van der Waals surface area contributed by atoms with E-state index in [-0.39, 0.29) is 5.56 Å². The van der Waals surface area contributed by atoms with Gasteiger partial charge in [-0.05, 0) is 43.7 Å². The molecule has 1 aliphatic heterocycles. The molecule has 0 saturated carbocycles. The molecule has 6 heteroatoms. The molecule has 2 heterocycles. The van der Waals surface area contributed by atoms with Gasteiger partial charge in [-0.25, -0.2) is 4.98 Å². The lowest BCUT2D eigenvalue weighted by Crippen LogP contribution is -2.47. The number of ether oxygens (including phenoxy) is 1. The molecule has 0 saturated heterocycles. The maximum Gasteiger partial charge on any atom is 0.259 e. The van der Waals surface area contributed by atoms with Crippen LogP contribution in [0.4, 0.5) is 11.6 Å². The molecule has 0 aliphatic carbocycles. The van der Waals surface area contributed by atoms with Crippen LogP contribution in [-0.4, -0.2) is 28.2 Å². The van der Waals surface area contributed by atoms with E-state index in [1.807, 2.05) is 56.3 Å². The summed E-state index contributed by atoms with van der Waals surface area (Å²) in [5.74, 6) is 1.48. The van der Waals surface area contributed by atoms with Crippen molar-refractivity contribution < 1.29 is 4.74 Å². The minimum atomic E-state index is 0.0128. The van der Waals surface area contributed by atoms with Crippen molar-refractivity contribution in [2.45, 2.75) is 27.1 Å². The molecule has 0 fully saturated rings. The molecular weight excluding hydrogens is 352 g/mol. The Kier molecular flexibility index (Phi) is 4.88. The average molecular weight is 376 g/mol. The number of nitrogens with zero attached hydrogens (tertiary/aromatic N) is 4. The number of methoxy groups -OCH3 is 1. The summed E-state index contributed by atoms with van der Waals surface area (Å²) < 4.78 is 7.04. The van der Waals surface area contributed by atoms with Gasteiger partial charge in [0, 0.05) is 23.5 Å². The van der Waals surface area contributed by atoms with Crippen molar-refractivity contribution in [3.05, 3.63) is 81.8 Å². The monoisotopic (exact) mass is 376 g/mol. The zero-order valence-electron chi connectivity index (χ0n) is 16.4. The predicted molar refractivity (Wildman–Crippen MR) is 110 cm³/mol. The van der Waals surface area contributed by atoms with Crippen molar-refractivity contribution in [3.8, 4) is 5.75 Å². The Morgan fingerprint density at radius 2 is 1.71 bits per heavy atom. The molecule has 0 atom stereocenters. The molecular formula is C22H24N4O2. The standard InChI is InChI=1S/C22H24N4O2/c1-16-17(2)23-22-25(19-9-11-20(28-3)12-10-19)14-24(15-26(22)21(16)27)13-18-7-5-4-6-8-18/h4-12H,13-15H2,1-3H3. The Morgan fingerprint density at radius 1 is 1.00 bits per heavy atom. The summed E-state index contributed by atoms with van der Waals surface area (Å²) in [7, 11) is 1.65. The van der Waals surface area contributed by atoms with E-state index in [0.717, 1.165) is 23.7 Å². The van der Waals surface area contributed by atoms with Gasteiger partial charge in [0.25, 0.3) is 5.56 Å². The Hall–Kier alpha value is -3.12. The number of hydrogen-bond donors (Lipinski definition) is 0. The minimum absolute atomic E-state index is 0.0128. The van der Waals surface area contributed by atoms with Gasteiger partial charge in [-0.3, -0.25) is 19.2 Å². The summed E-state index contributed by atoms with van der Waals surface area (Å²) in [5.41, 5.74) is 3.66. The summed E-state index contributed by atoms with van der Waals surface area (Å²) >= 11 is 0. The predicted octanol–water partition coefficient (Wildman–Crippen LogP) is 3.44. The van der Waals surface area contributed by atoms with Crippen LogP contribution in [0.5, 0.6) is 5.75 Å². The molecule has 0 amide bonds. The highest BCUT2D eigenvalue weighted by atomic mass is 16.5. The first-order chi connectivity index (χ1) is 13.6. The number of fused-ring (bicyclic) bond motifs is 1. The van der Waals surface area contributed by atoms with Gasteiger partial charge in [-0.15, -0.1) is 0 Å². The van der Waals surface area contributed by atoms with Crippen LogP contribution in [0.1, 0.15) is 16.8 Å². The molecule has 1 aliphatic rings. The molecule has 28 heavy (non-hydrogen) atoms. The van der Waals surface area contributed by atoms with Crippen molar-refractivity contribution in [2.24, 2.45) is 0 Å². The third kappa shape index (κ3) is 3.39. The fourth-order valence-electron chi connectivity index (χ4n) is 3.48. The molecule has 0 bridgehead atoms. The number of aryl methyl sites for hydroxylation is 1. The number of rotatable bonds is 4. The summed E-state index contributed by atoms with van der Waals surface area (Å²) in [6, 6.07) is 18.1. The van der Waals surface area contributed by atoms with Gasteiger partial charge in [0.1, 0.15) is 5.75 Å². The van der Waals surface area contributed by atoms with Crippen molar-refractivity contribution in [2.75, 3.05) is 18.7 Å². The van der Waals surface area contributed by atoms with E-state index in [4.69, 9.17) is 9.72 Å². The Morgan fingerprint density at radius 3 is 2.39 bits per heavy atom. The van der Waals surface area contributed by atoms with Gasteiger partial charge in [-0.2, -0.15) is 0 Å². The Labute approximate surface area is 164 Å². The molecule has 144 valence electrons. The van der Waals surface area contributed by atoms with E-state index in [0.29, 0.717) is 24.8 Å². The molecule has 0 spiro atoms. The Balaban J connectivity index is 1.76. The van der Waals surface area contributed by atoms with Gasteiger partial charge >= 0.3 is 0 Å². The molecule has 4 rings (SSSR count). The molecule has 0 radical (unpaired) electrons. The minimum Gasteiger partial charge on any atom is -0.497 e. The van der Waals surface area contributed by atoms with Crippen LogP contribution < -0.4 is 15.2 Å². The van der Waals surface area contributed by atoms with E-state index >= 15 is 0 Å². The highest BCUT2D eigenvalue weighted by Crippen LogP contribution is 2.29. The van der Waals surface area contributed by atoms with Crippen LogP contribution in [0.15, 0.2) is 59.4 Å². The zero-order valence-corrected chi connectivity index (χ0v) is 16.4. The van der Waals surface area contributed by atoms with E-state index in [9.17, 15) is 4.79 Å². The summed E-state index contributed by atoms with van der Waals surface area (Å²) in [6.45, 7) is 5.65. The summed E-state index contributed by atoms with van der Waals surface area (Å²) in [6.07, 6.45) is 0. The van der Waals surface area contributed by atoms with Crippen molar-refractivity contribution in [1.82, 2.24) is 14.5 Å². The van der Waals surface area contributed by atoms with Crippen LogP contribution in [0.3, 0.4) is 0 Å². The lowest BCUT2D eigenvalue weighted by Gasteiger charge is -2.38. The second-order valence-electron chi connectivity index (χ2n) is 7.08. The lowest BCUT2D eigenvalue weighted by atomic mass is 10.2. The van der Waals surface area contributed by atoms with Crippen molar-refractivity contribution >= 4 is 11.6 Å². The molecule has 6 nitrogen and oxygen atoms in total. The number of aromatic nitrogens is 2. The van der Waals surface area contributed by atoms with Gasteiger partial charge in [-0.1, -0.05) is 30.3 Å². The Bertz CT molecular complexity index is 1030. The molecule has 1 aromatic heterocycles. The molecule has 2 aromatic carbocycles. The first-order valence-corrected chi connectivity index (χ1v) is 9.32. The summed E-state index contributed by atoms with van der Waals surface area (Å²) in [5, 5.41) is 0. The first-order valence-electron chi connectivity index (χ1n) is 9.32.